The molecule has 0 spiro atoms. The van der Waals surface area contributed by atoms with Crippen molar-refractivity contribution in [3.63, 3.8) is 0 Å². The number of anilines is 1. The molecule has 7 heteroatoms. The molecule has 0 unspecified atom stereocenters. The second kappa shape index (κ2) is 6.63. The molecule has 1 heterocycles. The lowest BCUT2D eigenvalue weighted by Crippen LogP contribution is -2.19. The van der Waals surface area contributed by atoms with E-state index in [9.17, 15) is 9.59 Å². The normalized spacial score (nSPS) is 13.5. The Morgan fingerprint density at radius 2 is 2.00 bits per heavy atom. The van der Waals surface area contributed by atoms with Gasteiger partial charge in [0.05, 0.1) is 22.7 Å². The van der Waals surface area contributed by atoms with Crippen LogP contribution in [0.4, 0.5) is 5.69 Å². The van der Waals surface area contributed by atoms with Crippen LogP contribution in [0.3, 0.4) is 0 Å². The molecule has 0 aliphatic carbocycles. The van der Waals surface area contributed by atoms with Crippen molar-refractivity contribution < 1.29 is 9.59 Å². The lowest BCUT2D eigenvalue weighted by atomic mass is 10.1. The van der Waals surface area contributed by atoms with Crippen molar-refractivity contribution in [3.05, 3.63) is 63.1 Å². The van der Waals surface area contributed by atoms with Crippen LogP contribution in [0, 0.1) is 0 Å². The van der Waals surface area contributed by atoms with Crippen LogP contribution in [-0.2, 0) is 11.2 Å². The first-order valence-electron chi connectivity index (χ1n) is 7.17. The summed E-state index contributed by atoms with van der Waals surface area (Å²) >= 11 is 11.9. The summed E-state index contributed by atoms with van der Waals surface area (Å²) in [5.74, 6) is -0.472. The zero-order chi connectivity index (χ0) is 17.3. The molecule has 0 bridgehead atoms. The SMILES string of the molecule is C/C(=N\NC(=O)c1cc(Cl)ccc1Cl)c1ccc2c(c1)CC(=O)N2. The molecule has 3 rings (SSSR count). The Hall–Kier alpha value is -2.37. The van der Waals surface area contributed by atoms with E-state index >= 15 is 0 Å². The molecule has 0 saturated heterocycles. The Bertz CT molecular complexity index is 878. The monoisotopic (exact) mass is 361 g/mol. The van der Waals surface area contributed by atoms with E-state index in [1.165, 1.54) is 6.07 Å². The van der Waals surface area contributed by atoms with Crippen LogP contribution in [0.2, 0.25) is 10.0 Å². The van der Waals surface area contributed by atoms with Gasteiger partial charge in [-0.15, -0.1) is 0 Å². The quantitative estimate of drug-likeness (QED) is 0.647. The molecule has 24 heavy (non-hydrogen) atoms. The molecule has 122 valence electrons. The number of nitrogens with one attached hydrogen (secondary N) is 2. The number of fused-ring (bicyclic) bond motifs is 1. The summed E-state index contributed by atoms with van der Waals surface area (Å²) in [6.07, 6.45) is 0.348. The van der Waals surface area contributed by atoms with Gasteiger partial charge < -0.3 is 5.32 Å². The number of benzene rings is 2. The molecule has 0 atom stereocenters. The number of hydrogen-bond acceptors (Lipinski definition) is 3. The fraction of sp³-hybridized carbons (Fsp3) is 0.118. The minimum atomic E-state index is -0.445. The molecule has 1 aliphatic rings. The number of halogens is 2. The van der Waals surface area contributed by atoms with E-state index < -0.39 is 5.91 Å². The van der Waals surface area contributed by atoms with Crippen LogP contribution in [0.5, 0.6) is 0 Å². The lowest BCUT2D eigenvalue weighted by molar-refractivity contribution is -0.115. The van der Waals surface area contributed by atoms with Crippen LogP contribution >= 0.6 is 23.2 Å². The van der Waals surface area contributed by atoms with Crippen molar-refractivity contribution >= 4 is 46.4 Å². The summed E-state index contributed by atoms with van der Waals surface area (Å²) in [4.78, 5) is 23.6. The molecule has 2 amide bonds. The van der Waals surface area contributed by atoms with Gasteiger partial charge in [-0.25, -0.2) is 5.43 Å². The Balaban J connectivity index is 1.77. The summed E-state index contributed by atoms with van der Waals surface area (Å²) < 4.78 is 0. The number of hydrazone groups is 1. The summed E-state index contributed by atoms with van der Waals surface area (Å²) in [5, 5.41) is 7.58. The van der Waals surface area contributed by atoms with E-state index in [1.54, 1.807) is 19.1 Å². The van der Waals surface area contributed by atoms with E-state index in [4.69, 9.17) is 23.2 Å². The summed E-state index contributed by atoms with van der Waals surface area (Å²) in [5.41, 5.74) is 5.88. The molecule has 0 aromatic heterocycles. The standard InChI is InChI=1S/C17H13Cl2N3O2/c1-9(10-2-5-15-11(6-10)7-16(23)20-15)21-22-17(24)13-8-12(18)3-4-14(13)19/h2-6,8H,7H2,1H3,(H,20,23)(H,22,24)/b21-9+. The first kappa shape index (κ1) is 16.5. The summed E-state index contributed by atoms with van der Waals surface area (Å²) in [7, 11) is 0. The molecular formula is C17H13Cl2N3O2. The van der Waals surface area contributed by atoms with Crippen molar-refractivity contribution in [2.75, 3.05) is 5.32 Å². The zero-order valence-electron chi connectivity index (χ0n) is 12.7. The Labute approximate surface area is 148 Å². The lowest BCUT2D eigenvalue weighted by Gasteiger charge is -2.06. The molecule has 0 saturated carbocycles. The number of nitrogens with zero attached hydrogens (tertiary/aromatic N) is 1. The van der Waals surface area contributed by atoms with E-state index in [2.05, 4.69) is 15.8 Å². The van der Waals surface area contributed by atoms with E-state index in [1.807, 2.05) is 18.2 Å². The second-order valence-electron chi connectivity index (χ2n) is 5.36. The van der Waals surface area contributed by atoms with Crippen molar-refractivity contribution in [3.8, 4) is 0 Å². The highest BCUT2D eigenvalue weighted by Crippen LogP contribution is 2.24. The van der Waals surface area contributed by atoms with Crippen molar-refractivity contribution in [1.29, 1.82) is 0 Å². The Morgan fingerprint density at radius 3 is 2.79 bits per heavy atom. The van der Waals surface area contributed by atoms with E-state index in [0.717, 1.165) is 16.8 Å². The van der Waals surface area contributed by atoms with Gasteiger partial charge in [-0.3, -0.25) is 9.59 Å². The van der Waals surface area contributed by atoms with Crippen LogP contribution in [0.1, 0.15) is 28.4 Å². The van der Waals surface area contributed by atoms with Gasteiger partial charge in [0, 0.05) is 10.7 Å². The fourth-order valence-electron chi connectivity index (χ4n) is 2.39. The molecule has 5 nitrogen and oxygen atoms in total. The summed E-state index contributed by atoms with van der Waals surface area (Å²) in [6, 6.07) is 10.2. The highest BCUT2D eigenvalue weighted by atomic mass is 35.5. The molecule has 1 aliphatic heterocycles. The largest absolute Gasteiger partial charge is 0.326 e. The van der Waals surface area contributed by atoms with Crippen molar-refractivity contribution in [1.82, 2.24) is 5.43 Å². The number of amides is 2. The highest BCUT2D eigenvalue weighted by Gasteiger charge is 2.18. The predicted octanol–water partition coefficient (Wildman–Crippen LogP) is 3.64. The second-order valence-corrected chi connectivity index (χ2v) is 6.20. The van der Waals surface area contributed by atoms with Crippen LogP contribution < -0.4 is 10.7 Å². The topological polar surface area (TPSA) is 70.6 Å². The van der Waals surface area contributed by atoms with Crippen LogP contribution in [0.15, 0.2) is 41.5 Å². The van der Waals surface area contributed by atoms with Crippen LogP contribution in [-0.4, -0.2) is 17.5 Å². The third-order valence-electron chi connectivity index (χ3n) is 3.65. The Morgan fingerprint density at radius 1 is 1.21 bits per heavy atom. The molecule has 0 radical (unpaired) electrons. The average molecular weight is 362 g/mol. The molecule has 2 aromatic carbocycles. The van der Waals surface area contributed by atoms with Gasteiger partial charge in [-0.2, -0.15) is 5.10 Å². The highest BCUT2D eigenvalue weighted by molar-refractivity contribution is 6.35. The van der Waals surface area contributed by atoms with Gasteiger partial charge in [0.25, 0.3) is 5.91 Å². The maximum absolute atomic E-state index is 12.2. The van der Waals surface area contributed by atoms with E-state index in [-0.39, 0.29) is 11.5 Å². The maximum Gasteiger partial charge on any atom is 0.272 e. The van der Waals surface area contributed by atoms with Gasteiger partial charge in [0.15, 0.2) is 0 Å². The van der Waals surface area contributed by atoms with Gasteiger partial charge in [0.1, 0.15) is 0 Å². The van der Waals surface area contributed by atoms with Gasteiger partial charge >= 0.3 is 0 Å². The number of rotatable bonds is 3. The molecule has 2 aromatic rings. The number of hydrogen-bond donors (Lipinski definition) is 2. The van der Waals surface area contributed by atoms with Gasteiger partial charge in [0.2, 0.25) is 5.91 Å². The smallest absolute Gasteiger partial charge is 0.272 e. The Kier molecular flexibility index (Phi) is 4.55. The molecule has 0 fully saturated rings. The van der Waals surface area contributed by atoms with Gasteiger partial charge in [-0.1, -0.05) is 29.3 Å². The fourth-order valence-corrected chi connectivity index (χ4v) is 2.76. The summed E-state index contributed by atoms with van der Waals surface area (Å²) in [6.45, 7) is 1.77. The van der Waals surface area contributed by atoms with E-state index in [0.29, 0.717) is 22.2 Å². The predicted molar refractivity (Wildman–Crippen MR) is 94.9 cm³/mol. The number of carbonyl (C=O) groups is 2. The minimum absolute atomic E-state index is 0.0272. The average Bonchev–Trinajstić information content (AvgIpc) is 2.93. The maximum atomic E-state index is 12.2. The first-order chi connectivity index (χ1) is 11.4. The third-order valence-corrected chi connectivity index (χ3v) is 4.21. The van der Waals surface area contributed by atoms with Crippen LogP contribution in [0.25, 0.3) is 0 Å². The third kappa shape index (κ3) is 3.42. The molecular weight excluding hydrogens is 349 g/mol. The van der Waals surface area contributed by atoms with Crippen molar-refractivity contribution in [2.45, 2.75) is 13.3 Å². The molecule has 2 N–H and O–H groups in total. The zero-order valence-corrected chi connectivity index (χ0v) is 14.2. The first-order valence-corrected chi connectivity index (χ1v) is 7.92. The van der Waals surface area contributed by atoms with Crippen molar-refractivity contribution in [2.24, 2.45) is 5.10 Å². The van der Waals surface area contributed by atoms with Gasteiger partial charge in [-0.05, 0) is 48.4 Å². The number of carbonyl (C=O) groups excluding carboxylic acids is 2. The minimum Gasteiger partial charge on any atom is -0.326 e.